The van der Waals surface area contributed by atoms with Crippen LogP contribution in [-0.4, -0.2) is 36.9 Å². The van der Waals surface area contributed by atoms with E-state index in [9.17, 15) is 4.79 Å². The molecule has 0 amide bonds. The van der Waals surface area contributed by atoms with Crippen LogP contribution in [0.5, 0.6) is 0 Å². The van der Waals surface area contributed by atoms with E-state index in [2.05, 4.69) is 16.3 Å². The van der Waals surface area contributed by atoms with Gasteiger partial charge in [-0.2, -0.15) is 0 Å². The Morgan fingerprint density at radius 3 is 2.64 bits per heavy atom. The van der Waals surface area contributed by atoms with Crippen LogP contribution >= 0.6 is 23.2 Å². The predicted molar refractivity (Wildman–Crippen MR) is 104 cm³/mol. The molecular weight excluding hydrogens is 355 g/mol. The van der Waals surface area contributed by atoms with Crippen LogP contribution in [0, 0.1) is 0 Å². The van der Waals surface area contributed by atoms with Gasteiger partial charge in [-0.25, -0.2) is 0 Å². The van der Waals surface area contributed by atoms with Gasteiger partial charge in [0.25, 0.3) is 0 Å². The van der Waals surface area contributed by atoms with E-state index in [4.69, 9.17) is 23.2 Å². The van der Waals surface area contributed by atoms with Crippen molar-refractivity contribution in [1.29, 1.82) is 0 Å². The lowest BCUT2D eigenvalue weighted by Gasteiger charge is -2.27. The standard InChI is InChI=1S/C20H20Cl2N2O/c21-17-6-7-18(19(22)13-17)20(25)8-5-15-3-1-2-4-16(15)14-24-11-9-23-10-12-24/h1-8,13,23H,9-12,14H2. The van der Waals surface area contributed by atoms with Crippen molar-refractivity contribution in [2.75, 3.05) is 26.2 Å². The van der Waals surface area contributed by atoms with Gasteiger partial charge in [0, 0.05) is 43.3 Å². The van der Waals surface area contributed by atoms with Gasteiger partial charge < -0.3 is 5.32 Å². The molecule has 1 fully saturated rings. The fraction of sp³-hybridized carbons (Fsp3) is 0.250. The number of carbonyl (C=O) groups excluding carboxylic acids is 1. The van der Waals surface area contributed by atoms with E-state index in [0.717, 1.165) is 38.3 Å². The number of hydrogen-bond donors (Lipinski definition) is 1. The molecule has 0 bridgehead atoms. The van der Waals surface area contributed by atoms with E-state index in [0.29, 0.717) is 15.6 Å². The first-order valence-corrected chi connectivity index (χ1v) is 9.07. The largest absolute Gasteiger partial charge is 0.314 e. The third-order valence-corrected chi connectivity index (χ3v) is 4.82. The lowest BCUT2D eigenvalue weighted by atomic mass is 10.0. The number of rotatable bonds is 5. The summed E-state index contributed by atoms with van der Waals surface area (Å²) in [6.45, 7) is 5.00. The van der Waals surface area contributed by atoms with Crippen LogP contribution in [0.4, 0.5) is 0 Å². The maximum Gasteiger partial charge on any atom is 0.187 e. The zero-order valence-corrected chi connectivity index (χ0v) is 15.4. The second-order valence-electron chi connectivity index (χ2n) is 6.05. The summed E-state index contributed by atoms with van der Waals surface area (Å²) in [4.78, 5) is 14.8. The molecule has 0 saturated carbocycles. The molecule has 1 heterocycles. The molecule has 1 saturated heterocycles. The summed E-state index contributed by atoms with van der Waals surface area (Å²) in [5.74, 6) is -0.126. The Hall–Kier alpha value is -1.65. The molecule has 1 aliphatic heterocycles. The highest BCUT2D eigenvalue weighted by molar-refractivity contribution is 6.37. The topological polar surface area (TPSA) is 32.3 Å². The van der Waals surface area contributed by atoms with Gasteiger partial charge in [-0.1, -0.05) is 53.5 Å². The SMILES string of the molecule is O=C(C=Cc1ccccc1CN1CCNCC1)c1ccc(Cl)cc1Cl. The third kappa shape index (κ3) is 4.93. The van der Waals surface area contributed by atoms with E-state index in [1.165, 1.54) is 5.56 Å². The Kier molecular flexibility index (Phi) is 6.27. The Morgan fingerprint density at radius 2 is 1.88 bits per heavy atom. The predicted octanol–water partition coefficient (Wildman–Crippen LogP) is 4.29. The van der Waals surface area contributed by atoms with Crippen molar-refractivity contribution >= 4 is 35.1 Å². The number of carbonyl (C=O) groups is 1. The summed E-state index contributed by atoms with van der Waals surface area (Å²) in [6, 6.07) is 13.1. The summed E-state index contributed by atoms with van der Waals surface area (Å²) in [5.41, 5.74) is 2.73. The van der Waals surface area contributed by atoms with Crippen LogP contribution < -0.4 is 5.32 Å². The second kappa shape index (κ2) is 8.63. The van der Waals surface area contributed by atoms with E-state index >= 15 is 0 Å². The van der Waals surface area contributed by atoms with Gasteiger partial charge in [0.15, 0.2) is 5.78 Å². The Labute approximate surface area is 158 Å². The molecule has 0 radical (unpaired) electrons. The third-order valence-electron chi connectivity index (χ3n) is 4.27. The first-order valence-electron chi connectivity index (χ1n) is 8.32. The van der Waals surface area contributed by atoms with Crippen LogP contribution in [0.3, 0.4) is 0 Å². The van der Waals surface area contributed by atoms with Crippen molar-refractivity contribution in [3.05, 3.63) is 75.3 Å². The molecule has 0 aromatic heterocycles. The van der Waals surface area contributed by atoms with Crippen molar-refractivity contribution in [2.45, 2.75) is 6.54 Å². The zero-order chi connectivity index (χ0) is 17.6. The minimum Gasteiger partial charge on any atom is -0.314 e. The van der Waals surface area contributed by atoms with Crippen molar-refractivity contribution in [2.24, 2.45) is 0 Å². The van der Waals surface area contributed by atoms with Crippen LogP contribution in [-0.2, 0) is 6.54 Å². The Balaban J connectivity index is 1.75. The highest BCUT2D eigenvalue weighted by Gasteiger charge is 2.12. The molecule has 0 atom stereocenters. The average Bonchev–Trinajstić information content (AvgIpc) is 2.61. The summed E-state index contributed by atoms with van der Waals surface area (Å²) in [7, 11) is 0. The maximum atomic E-state index is 12.4. The van der Waals surface area contributed by atoms with Gasteiger partial charge in [-0.05, 0) is 35.4 Å². The van der Waals surface area contributed by atoms with Crippen molar-refractivity contribution in [1.82, 2.24) is 10.2 Å². The Bertz CT molecular complexity index is 783. The smallest absolute Gasteiger partial charge is 0.187 e. The van der Waals surface area contributed by atoms with Crippen LogP contribution in [0.25, 0.3) is 6.08 Å². The molecule has 2 aromatic carbocycles. The summed E-state index contributed by atoms with van der Waals surface area (Å²) in [6.07, 6.45) is 3.44. The normalized spacial score (nSPS) is 15.6. The number of benzene rings is 2. The molecule has 0 unspecified atom stereocenters. The Morgan fingerprint density at radius 1 is 1.12 bits per heavy atom. The first-order chi connectivity index (χ1) is 12.1. The van der Waals surface area contributed by atoms with Crippen LogP contribution in [0.1, 0.15) is 21.5 Å². The molecule has 130 valence electrons. The monoisotopic (exact) mass is 374 g/mol. The molecule has 3 nitrogen and oxygen atoms in total. The number of piperazine rings is 1. The molecule has 1 N–H and O–H groups in total. The van der Waals surface area contributed by atoms with Gasteiger partial charge in [-0.3, -0.25) is 9.69 Å². The molecule has 0 aliphatic carbocycles. The second-order valence-corrected chi connectivity index (χ2v) is 6.89. The van der Waals surface area contributed by atoms with Gasteiger partial charge in [-0.15, -0.1) is 0 Å². The number of nitrogens with one attached hydrogen (secondary N) is 1. The fourth-order valence-corrected chi connectivity index (χ4v) is 3.40. The fourth-order valence-electron chi connectivity index (χ4n) is 2.90. The van der Waals surface area contributed by atoms with E-state index in [1.807, 2.05) is 24.3 Å². The van der Waals surface area contributed by atoms with Crippen molar-refractivity contribution in [3.8, 4) is 0 Å². The minimum absolute atomic E-state index is 0.126. The molecule has 2 aromatic rings. The maximum absolute atomic E-state index is 12.4. The quantitative estimate of drug-likeness (QED) is 0.625. The zero-order valence-electron chi connectivity index (χ0n) is 13.8. The number of hydrogen-bond acceptors (Lipinski definition) is 3. The molecule has 1 aliphatic rings. The average molecular weight is 375 g/mol. The summed E-state index contributed by atoms with van der Waals surface area (Å²) >= 11 is 12.0. The molecule has 25 heavy (non-hydrogen) atoms. The van der Waals surface area contributed by atoms with E-state index in [1.54, 1.807) is 24.3 Å². The minimum atomic E-state index is -0.126. The van der Waals surface area contributed by atoms with Crippen LogP contribution in [0.15, 0.2) is 48.5 Å². The van der Waals surface area contributed by atoms with Gasteiger partial charge in [0.1, 0.15) is 0 Å². The summed E-state index contributed by atoms with van der Waals surface area (Å²) in [5, 5.41) is 4.25. The molecule has 3 rings (SSSR count). The lowest BCUT2D eigenvalue weighted by Crippen LogP contribution is -2.42. The molecule has 0 spiro atoms. The van der Waals surface area contributed by atoms with Gasteiger partial charge >= 0.3 is 0 Å². The number of halogens is 2. The number of nitrogens with zero attached hydrogens (tertiary/aromatic N) is 1. The van der Waals surface area contributed by atoms with Crippen molar-refractivity contribution in [3.63, 3.8) is 0 Å². The highest BCUT2D eigenvalue weighted by Crippen LogP contribution is 2.22. The molecular formula is C20H20Cl2N2O. The first kappa shape index (κ1) is 18.2. The number of allylic oxidation sites excluding steroid dienone is 1. The molecule has 5 heteroatoms. The van der Waals surface area contributed by atoms with E-state index < -0.39 is 0 Å². The van der Waals surface area contributed by atoms with Crippen molar-refractivity contribution < 1.29 is 4.79 Å². The van der Waals surface area contributed by atoms with Gasteiger partial charge in [0.2, 0.25) is 0 Å². The van der Waals surface area contributed by atoms with E-state index in [-0.39, 0.29) is 5.78 Å². The lowest BCUT2D eigenvalue weighted by molar-refractivity contribution is 0.104. The van der Waals surface area contributed by atoms with Crippen LogP contribution in [0.2, 0.25) is 10.0 Å². The van der Waals surface area contributed by atoms with Gasteiger partial charge in [0.05, 0.1) is 5.02 Å². The summed E-state index contributed by atoms with van der Waals surface area (Å²) < 4.78 is 0. The highest BCUT2D eigenvalue weighted by atomic mass is 35.5. The number of ketones is 1.